The van der Waals surface area contributed by atoms with Crippen molar-refractivity contribution in [2.24, 2.45) is 0 Å². The lowest BCUT2D eigenvalue weighted by Gasteiger charge is -2.19. The van der Waals surface area contributed by atoms with Gasteiger partial charge in [-0.15, -0.1) is 0 Å². The summed E-state index contributed by atoms with van der Waals surface area (Å²) in [5.74, 6) is 0. The van der Waals surface area contributed by atoms with Gasteiger partial charge in [0.1, 0.15) is 6.61 Å². The van der Waals surface area contributed by atoms with Gasteiger partial charge in [0, 0.05) is 23.7 Å². The van der Waals surface area contributed by atoms with E-state index >= 15 is 0 Å². The third-order valence-electron chi connectivity index (χ3n) is 2.23. The summed E-state index contributed by atoms with van der Waals surface area (Å²) < 4.78 is 5.04. The predicted molar refractivity (Wildman–Crippen MR) is 77.4 cm³/mol. The van der Waals surface area contributed by atoms with Crippen LogP contribution in [0.3, 0.4) is 0 Å². The fraction of sp³-hybridized carbons (Fsp3) is 0.500. The maximum absolute atomic E-state index is 11.4. The van der Waals surface area contributed by atoms with Crippen LogP contribution in [-0.4, -0.2) is 24.8 Å². The molecule has 0 spiro atoms. The number of halogens is 1. The normalized spacial score (nSPS) is 11.2. The molecule has 0 bridgehead atoms. The molecule has 1 rings (SSSR count). The number of carbonyl (C=O) groups is 1. The quantitative estimate of drug-likeness (QED) is 0.818. The molecule has 4 nitrogen and oxygen atoms in total. The minimum atomic E-state index is -0.388. The highest BCUT2D eigenvalue weighted by molar-refractivity contribution is 6.30. The van der Waals surface area contributed by atoms with Gasteiger partial charge in [-0.2, -0.15) is 0 Å². The molecule has 0 radical (unpaired) electrons. The van der Waals surface area contributed by atoms with Gasteiger partial charge in [0.15, 0.2) is 0 Å². The molecule has 0 unspecified atom stereocenters. The van der Waals surface area contributed by atoms with Crippen molar-refractivity contribution in [1.82, 2.24) is 10.6 Å². The van der Waals surface area contributed by atoms with E-state index < -0.39 is 0 Å². The van der Waals surface area contributed by atoms with Crippen LogP contribution in [0.15, 0.2) is 24.3 Å². The monoisotopic (exact) mass is 284 g/mol. The third-order valence-corrected chi connectivity index (χ3v) is 2.48. The number of ether oxygens (including phenoxy) is 1. The zero-order valence-electron chi connectivity index (χ0n) is 11.6. The van der Waals surface area contributed by atoms with Crippen molar-refractivity contribution in [2.75, 3.05) is 13.2 Å². The number of rotatable bonds is 5. The fourth-order valence-electron chi connectivity index (χ4n) is 1.39. The van der Waals surface area contributed by atoms with Gasteiger partial charge < -0.3 is 15.4 Å². The van der Waals surface area contributed by atoms with Crippen LogP contribution in [0.2, 0.25) is 5.02 Å². The van der Waals surface area contributed by atoms with Crippen molar-refractivity contribution < 1.29 is 9.53 Å². The largest absolute Gasteiger partial charge is 0.448 e. The number of alkyl carbamates (subject to hydrolysis) is 1. The topological polar surface area (TPSA) is 50.4 Å². The van der Waals surface area contributed by atoms with Gasteiger partial charge in [-0.3, -0.25) is 0 Å². The molecule has 1 aromatic carbocycles. The first-order valence-corrected chi connectivity index (χ1v) is 6.65. The summed E-state index contributed by atoms with van der Waals surface area (Å²) in [6, 6.07) is 7.63. The van der Waals surface area contributed by atoms with Crippen LogP contribution in [0.4, 0.5) is 4.79 Å². The standard InChI is InChI=1S/C14H21ClN2O2/c1-14(2,3)17-13(18)19-9-8-16-10-11-4-6-12(15)7-5-11/h4-7,16H,8-10H2,1-3H3,(H,17,18). The molecule has 19 heavy (non-hydrogen) atoms. The van der Waals surface area contributed by atoms with Crippen LogP contribution < -0.4 is 10.6 Å². The first-order valence-electron chi connectivity index (χ1n) is 6.27. The Kier molecular flexibility index (Phi) is 6.12. The second-order valence-corrected chi connectivity index (χ2v) is 5.75. The summed E-state index contributed by atoms with van der Waals surface area (Å²) in [5, 5.41) is 6.65. The SMILES string of the molecule is CC(C)(C)NC(=O)OCCNCc1ccc(Cl)cc1. The lowest BCUT2D eigenvalue weighted by molar-refractivity contribution is 0.138. The van der Waals surface area contributed by atoms with Crippen LogP contribution in [-0.2, 0) is 11.3 Å². The zero-order valence-corrected chi connectivity index (χ0v) is 12.4. The lowest BCUT2D eigenvalue weighted by Crippen LogP contribution is -2.41. The van der Waals surface area contributed by atoms with Crippen molar-refractivity contribution in [2.45, 2.75) is 32.9 Å². The highest BCUT2D eigenvalue weighted by Crippen LogP contribution is 2.08. The van der Waals surface area contributed by atoms with Gasteiger partial charge in [0.2, 0.25) is 0 Å². The van der Waals surface area contributed by atoms with Crippen molar-refractivity contribution in [1.29, 1.82) is 0 Å². The molecule has 0 aliphatic heterocycles. The minimum absolute atomic E-state index is 0.270. The maximum Gasteiger partial charge on any atom is 0.407 e. The molecular weight excluding hydrogens is 264 g/mol. The Labute approximate surface area is 119 Å². The maximum atomic E-state index is 11.4. The van der Waals surface area contributed by atoms with Crippen LogP contribution >= 0.6 is 11.6 Å². The smallest absolute Gasteiger partial charge is 0.407 e. The summed E-state index contributed by atoms with van der Waals surface area (Å²) in [6.45, 7) is 7.41. The highest BCUT2D eigenvalue weighted by Gasteiger charge is 2.13. The van der Waals surface area contributed by atoms with E-state index in [1.165, 1.54) is 0 Å². The van der Waals surface area contributed by atoms with E-state index in [4.69, 9.17) is 16.3 Å². The molecule has 0 saturated carbocycles. The fourth-order valence-corrected chi connectivity index (χ4v) is 1.52. The summed E-state index contributed by atoms with van der Waals surface area (Å²) in [4.78, 5) is 11.4. The number of benzene rings is 1. The predicted octanol–water partition coefficient (Wildman–Crippen LogP) is 2.95. The summed E-state index contributed by atoms with van der Waals surface area (Å²) in [5.41, 5.74) is 0.872. The highest BCUT2D eigenvalue weighted by atomic mass is 35.5. The van der Waals surface area contributed by atoms with E-state index in [0.717, 1.165) is 17.1 Å². The summed E-state index contributed by atoms with van der Waals surface area (Å²) in [6.07, 6.45) is -0.388. The lowest BCUT2D eigenvalue weighted by atomic mass is 10.1. The Balaban J connectivity index is 2.11. The molecule has 1 amide bonds. The summed E-state index contributed by atoms with van der Waals surface area (Å²) in [7, 11) is 0. The van der Waals surface area contributed by atoms with Gasteiger partial charge in [0.25, 0.3) is 0 Å². The average molecular weight is 285 g/mol. The summed E-state index contributed by atoms with van der Waals surface area (Å²) >= 11 is 5.80. The molecule has 2 N–H and O–H groups in total. The number of hydrogen-bond acceptors (Lipinski definition) is 3. The van der Waals surface area contributed by atoms with Gasteiger partial charge in [-0.05, 0) is 38.5 Å². The molecular formula is C14H21ClN2O2. The molecule has 5 heteroatoms. The van der Waals surface area contributed by atoms with E-state index in [9.17, 15) is 4.79 Å². The molecule has 0 heterocycles. The molecule has 0 saturated heterocycles. The second kappa shape index (κ2) is 7.36. The van der Waals surface area contributed by atoms with Crippen molar-refractivity contribution in [3.63, 3.8) is 0 Å². The Morgan fingerprint density at radius 2 is 1.89 bits per heavy atom. The Morgan fingerprint density at radius 1 is 1.26 bits per heavy atom. The van der Waals surface area contributed by atoms with Crippen molar-refractivity contribution in [3.8, 4) is 0 Å². The molecule has 0 aliphatic carbocycles. The molecule has 0 aliphatic rings. The van der Waals surface area contributed by atoms with Crippen LogP contribution in [0.25, 0.3) is 0 Å². The first-order chi connectivity index (χ1) is 8.87. The van der Waals surface area contributed by atoms with E-state index in [1.807, 2.05) is 45.0 Å². The molecule has 0 fully saturated rings. The Hall–Kier alpha value is -1.26. The number of hydrogen-bond donors (Lipinski definition) is 2. The van der Waals surface area contributed by atoms with Crippen LogP contribution in [0.5, 0.6) is 0 Å². The van der Waals surface area contributed by atoms with Gasteiger partial charge in [-0.1, -0.05) is 23.7 Å². The van der Waals surface area contributed by atoms with Crippen LogP contribution in [0.1, 0.15) is 26.3 Å². The number of amides is 1. The van der Waals surface area contributed by atoms with Crippen molar-refractivity contribution in [3.05, 3.63) is 34.9 Å². The second-order valence-electron chi connectivity index (χ2n) is 5.31. The molecule has 106 valence electrons. The van der Waals surface area contributed by atoms with E-state index in [1.54, 1.807) is 0 Å². The number of carbonyl (C=O) groups excluding carboxylic acids is 1. The number of nitrogens with one attached hydrogen (secondary N) is 2. The van der Waals surface area contributed by atoms with E-state index in [2.05, 4.69) is 10.6 Å². The van der Waals surface area contributed by atoms with E-state index in [0.29, 0.717) is 13.2 Å². The molecule has 0 aromatic heterocycles. The van der Waals surface area contributed by atoms with Crippen LogP contribution in [0, 0.1) is 0 Å². The van der Waals surface area contributed by atoms with Gasteiger partial charge in [0.05, 0.1) is 0 Å². The van der Waals surface area contributed by atoms with Gasteiger partial charge in [-0.25, -0.2) is 4.79 Å². The zero-order chi connectivity index (χ0) is 14.3. The third kappa shape index (κ3) is 7.70. The average Bonchev–Trinajstić information content (AvgIpc) is 2.29. The van der Waals surface area contributed by atoms with Gasteiger partial charge >= 0.3 is 6.09 Å². The minimum Gasteiger partial charge on any atom is -0.448 e. The molecule has 0 atom stereocenters. The molecule has 1 aromatic rings. The Bertz CT molecular complexity index is 399. The Morgan fingerprint density at radius 3 is 2.47 bits per heavy atom. The van der Waals surface area contributed by atoms with Crippen molar-refractivity contribution >= 4 is 17.7 Å². The first kappa shape index (κ1) is 15.8. The van der Waals surface area contributed by atoms with E-state index in [-0.39, 0.29) is 11.6 Å².